The lowest BCUT2D eigenvalue weighted by Gasteiger charge is -2.08. The number of benzene rings is 2. The van der Waals surface area contributed by atoms with Crippen LogP contribution in [-0.4, -0.2) is 6.54 Å². The normalized spacial score (nSPS) is 13.9. The van der Waals surface area contributed by atoms with Gasteiger partial charge in [-0.3, -0.25) is 0 Å². The van der Waals surface area contributed by atoms with Crippen LogP contribution in [0, 0.1) is 0 Å². The summed E-state index contributed by atoms with van der Waals surface area (Å²) >= 11 is 0. The van der Waals surface area contributed by atoms with Crippen LogP contribution in [0.2, 0.25) is 0 Å². The van der Waals surface area contributed by atoms with Crippen LogP contribution in [0.15, 0.2) is 48.5 Å². The van der Waals surface area contributed by atoms with E-state index in [9.17, 15) is 4.48 Å². The van der Waals surface area contributed by atoms with Gasteiger partial charge in [0.25, 0.3) is 0 Å². The Morgan fingerprint density at radius 3 is 2.56 bits per heavy atom. The summed E-state index contributed by atoms with van der Waals surface area (Å²) in [5, 5.41) is 0.835. The Morgan fingerprint density at radius 2 is 1.75 bits per heavy atom. The highest BCUT2D eigenvalue weighted by molar-refractivity contribution is 5.71. The van der Waals surface area contributed by atoms with Crippen molar-refractivity contribution >= 4 is 5.69 Å². The molecule has 0 saturated carbocycles. The monoisotopic (exact) mass is 213 g/mol. The maximum absolute atomic E-state index is 13.4. The number of rotatable bonds is 1. The molecule has 0 spiro atoms. The lowest BCUT2D eigenvalue weighted by atomic mass is 10.0. The van der Waals surface area contributed by atoms with Crippen molar-refractivity contribution in [2.45, 2.75) is 6.42 Å². The molecule has 0 atom stereocenters. The molecule has 0 N–H and O–H groups in total. The summed E-state index contributed by atoms with van der Waals surface area (Å²) in [6, 6.07) is 16.1. The van der Waals surface area contributed by atoms with Gasteiger partial charge in [0.2, 0.25) is 0 Å². The molecule has 0 unspecified atom stereocenters. The van der Waals surface area contributed by atoms with Crippen LogP contribution in [-0.2, 0) is 6.42 Å². The molecule has 2 aromatic carbocycles. The maximum atomic E-state index is 13.4. The van der Waals surface area contributed by atoms with E-state index >= 15 is 0 Å². The Labute approximate surface area is 94.1 Å². The van der Waals surface area contributed by atoms with E-state index in [4.69, 9.17) is 0 Å². The molecule has 0 amide bonds. The first-order valence-electron chi connectivity index (χ1n) is 5.46. The van der Waals surface area contributed by atoms with E-state index in [2.05, 4.69) is 6.07 Å². The van der Waals surface area contributed by atoms with Gasteiger partial charge in [-0.2, -0.15) is 0 Å². The Hall–Kier alpha value is -1.83. The molecule has 1 heterocycles. The Morgan fingerprint density at radius 1 is 0.938 bits per heavy atom. The second-order valence-corrected chi connectivity index (χ2v) is 4.05. The lowest BCUT2D eigenvalue weighted by molar-refractivity contribution is 0.451. The second-order valence-electron chi connectivity index (χ2n) is 4.05. The minimum Gasteiger partial charge on any atom is -0.211 e. The van der Waals surface area contributed by atoms with Gasteiger partial charge in [0.05, 0.1) is 12.2 Å². The van der Waals surface area contributed by atoms with Crippen molar-refractivity contribution < 1.29 is 4.48 Å². The van der Waals surface area contributed by atoms with Gasteiger partial charge in [0, 0.05) is 0 Å². The van der Waals surface area contributed by atoms with Crippen LogP contribution in [0.3, 0.4) is 0 Å². The Balaban J connectivity index is 2.08. The molecule has 1 aliphatic rings. The van der Waals surface area contributed by atoms with Crippen molar-refractivity contribution in [3.8, 4) is 11.1 Å². The standard InChI is InChI=1S/C14H12FN/c15-16-9-8-12-6-7-13(10-14(12)16)11-4-2-1-3-5-11/h1-7,10H,8-9H2. The third-order valence-corrected chi connectivity index (χ3v) is 3.03. The third-order valence-electron chi connectivity index (χ3n) is 3.03. The molecule has 80 valence electrons. The second kappa shape index (κ2) is 3.63. The minimum atomic E-state index is 0.480. The van der Waals surface area contributed by atoms with Gasteiger partial charge in [-0.05, 0) is 29.2 Å². The fraction of sp³-hybridized carbons (Fsp3) is 0.143. The van der Waals surface area contributed by atoms with Crippen molar-refractivity contribution in [3.05, 3.63) is 54.1 Å². The van der Waals surface area contributed by atoms with E-state index in [1.165, 1.54) is 0 Å². The zero-order chi connectivity index (χ0) is 11.0. The molecule has 0 bridgehead atoms. The van der Waals surface area contributed by atoms with Crippen molar-refractivity contribution in [1.29, 1.82) is 0 Å². The molecule has 1 aliphatic heterocycles. The molecule has 0 aliphatic carbocycles. The molecule has 0 radical (unpaired) electrons. The number of fused-ring (bicyclic) bond motifs is 1. The first kappa shape index (κ1) is 9.40. The average Bonchev–Trinajstić information content (AvgIpc) is 2.72. The zero-order valence-electron chi connectivity index (χ0n) is 8.86. The Kier molecular flexibility index (Phi) is 2.13. The van der Waals surface area contributed by atoms with Gasteiger partial charge in [-0.1, -0.05) is 46.9 Å². The lowest BCUT2D eigenvalue weighted by Crippen LogP contribution is -2.06. The number of nitrogens with zero attached hydrogens (tertiary/aromatic N) is 1. The summed E-state index contributed by atoms with van der Waals surface area (Å²) in [6.45, 7) is 0.480. The van der Waals surface area contributed by atoms with Gasteiger partial charge in [0.1, 0.15) is 0 Å². The SMILES string of the molecule is FN1CCc2ccc(-c3ccccc3)cc21. The van der Waals surface area contributed by atoms with E-state index in [0.717, 1.165) is 33.9 Å². The highest BCUT2D eigenvalue weighted by Crippen LogP contribution is 2.32. The van der Waals surface area contributed by atoms with Gasteiger partial charge < -0.3 is 0 Å². The van der Waals surface area contributed by atoms with Crippen LogP contribution < -0.4 is 5.12 Å². The molecule has 16 heavy (non-hydrogen) atoms. The van der Waals surface area contributed by atoms with Crippen LogP contribution in [0.5, 0.6) is 0 Å². The van der Waals surface area contributed by atoms with Gasteiger partial charge in [-0.25, -0.2) is 5.12 Å². The van der Waals surface area contributed by atoms with E-state index < -0.39 is 0 Å². The summed E-state index contributed by atoms with van der Waals surface area (Å²) < 4.78 is 13.4. The van der Waals surface area contributed by atoms with Crippen molar-refractivity contribution in [2.75, 3.05) is 11.7 Å². The highest BCUT2D eigenvalue weighted by atomic mass is 19.2. The molecule has 0 fully saturated rings. The number of halogens is 1. The maximum Gasteiger partial charge on any atom is 0.0726 e. The summed E-state index contributed by atoms with van der Waals surface area (Å²) in [7, 11) is 0. The van der Waals surface area contributed by atoms with E-state index in [1.54, 1.807) is 0 Å². The van der Waals surface area contributed by atoms with Crippen molar-refractivity contribution in [2.24, 2.45) is 0 Å². The summed E-state index contributed by atoms with van der Waals surface area (Å²) in [4.78, 5) is 0. The number of hydrogen-bond donors (Lipinski definition) is 0. The minimum absolute atomic E-state index is 0.480. The average molecular weight is 213 g/mol. The Bertz CT molecular complexity index is 507. The fourth-order valence-corrected chi connectivity index (χ4v) is 2.15. The van der Waals surface area contributed by atoms with Gasteiger partial charge in [-0.15, -0.1) is 0 Å². The first-order chi connectivity index (χ1) is 7.84. The molecule has 1 nitrogen and oxygen atoms in total. The smallest absolute Gasteiger partial charge is 0.0726 e. The van der Waals surface area contributed by atoms with E-state index in [0.29, 0.717) is 6.54 Å². The predicted molar refractivity (Wildman–Crippen MR) is 64.0 cm³/mol. The molecule has 2 aromatic rings. The van der Waals surface area contributed by atoms with Gasteiger partial charge >= 0.3 is 0 Å². The van der Waals surface area contributed by atoms with E-state index in [1.807, 2.05) is 42.5 Å². The number of hydrogen-bond acceptors (Lipinski definition) is 1. The summed E-state index contributed by atoms with van der Waals surface area (Å²) in [5.74, 6) is 0. The van der Waals surface area contributed by atoms with Crippen LogP contribution in [0.4, 0.5) is 10.2 Å². The number of anilines is 1. The largest absolute Gasteiger partial charge is 0.211 e. The first-order valence-corrected chi connectivity index (χ1v) is 5.46. The van der Waals surface area contributed by atoms with Crippen LogP contribution in [0.25, 0.3) is 11.1 Å². The summed E-state index contributed by atoms with van der Waals surface area (Å²) in [5.41, 5.74) is 4.03. The van der Waals surface area contributed by atoms with Gasteiger partial charge in [0.15, 0.2) is 0 Å². The molecular formula is C14H12FN. The van der Waals surface area contributed by atoms with Crippen LogP contribution >= 0.6 is 0 Å². The van der Waals surface area contributed by atoms with E-state index in [-0.39, 0.29) is 0 Å². The topological polar surface area (TPSA) is 3.24 Å². The predicted octanol–water partition coefficient (Wildman–Crippen LogP) is 3.60. The summed E-state index contributed by atoms with van der Waals surface area (Å²) in [6.07, 6.45) is 0.806. The third kappa shape index (κ3) is 1.47. The molecule has 0 aromatic heterocycles. The molecular weight excluding hydrogens is 201 g/mol. The fourth-order valence-electron chi connectivity index (χ4n) is 2.15. The molecule has 2 heteroatoms. The highest BCUT2D eigenvalue weighted by Gasteiger charge is 2.18. The quantitative estimate of drug-likeness (QED) is 0.654. The van der Waals surface area contributed by atoms with Crippen molar-refractivity contribution in [1.82, 2.24) is 0 Å². The van der Waals surface area contributed by atoms with Crippen LogP contribution in [0.1, 0.15) is 5.56 Å². The van der Waals surface area contributed by atoms with Crippen molar-refractivity contribution in [3.63, 3.8) is 0 Å². The molecule has 0 saturated heterocycles. The zero-order valence-corrected chi connectivity index (χ0v) is 8.86. The molecule has 3 rings (SSSR count).